The van der Waals surface area contributed by atoms with Crippen molar-refractivity contribution < 1.29 is 13.5 Å². The second-order valence-corrected chi connectivity index (χ2v) is 3.43. The molecule has 2 nitrogen and oxygen atoms in total. The predicted molar refractivity (Wildman–Crippen MR) is 56.1 cm³/mol. The lowest BCUT2D eigenvalue weighted by Gasteiger charge is -2.15. The van der Waals surface area contributed by atoms with E-state index in [9.17, 15) is 8.78 Å². The molecule has 86 valence electrons. The maximum absolute atomic E-state index is 12.2. The monoisotopic (exact) mass is 225 g/mol. The first-order valence-corrected chi connectivity index (χ1v) is 4.94. The Morgan fingerprint density at radius 3 is 2.38 bits per heavy atom. The number of ether oxygens (including phenoxy) is 1. The summed E-state index contributed by atoms with van der Waals surface area (Å²) in [5.41, 5.74) is 1.59. The fraction of sp³-hybridized carbons (Fsp3) is 0.417. The van der Waals surface area contributed by atoms with Gasteiger partial charge >= 0.3 is 0 Å². The van der Waals surface area contributed by atoms with Gasteiger partial charge in [-0.2, -0.15) is 5.26 Å². The minimum atomic E-state index is -2.39. The van der Waals surface area contributed by atoms with Crippen LogP contribution in [0.15, 0.2) is 24.3 Å². The van der Waals surface area contributed by atoms with E-state index in [0.29, 0.717) is 12.0 Å². The van der Waals surface area contributed by atoms with E-state index in [4.69, 9.17) is 10.00 Å². The van der Waals surface area contributed by atoms with Crippen LogP contribution >= 0.6 is 0 Å². The van der Waals surface area contributed by atoms with Gasteiger partial charge in [0.25, 0.3) is 0 Å². The Hall–Kier alpha value is -1.47. The van der Waals surface area contributed by atoms with Crippen molar-refractivity contribution >= 4 is 0 Å². The lowest BCUT2D eigenvalue weighted by Crippen LogP contribution is -2.06. The molecule has 0 N–H and O–H groups in total. The number of hydrogen-bond acceptors (Lipinski definition) is 2. The average molecular weight is 225 g/mol. The molecular formula is C12H13F2NO. The highest BCUT2D eigenvalue weighted by molar-refractivity contribution is 5.26. The van der Waals surface area contributed by atoms with Crippen molar-refractivity contribution in [2.45, 2.75) is 25.4 Å². The smallest absolute Gasteiger partial charge is 0.241 e. The van der Waals surface area contributed by atoms with Gasteiger partial charge in [0, 0.05) is 13.5 Å². The lowest BCUT2D eigenvalue weighted by molar-refractivity contribution is 0.0304. The molecule has 0 aliphatic heterocycles. The van der Waals surface area contributed by atoms with E-state index in [1.165, 1.54) is 7.11 Å². The first-order chi connectivity index (χ1) is 7.67. The Morgan fingerprint density at radius 1 is 1.31 bits per heavy atom. The zero-order valence-electron chi connectivity index (χ0n) is 8.99. The van der Waals surface area contributed by atoms with Crippen molar-refractivity contribution in [2.75, 3.05) is 7.11 Å². The molecule has 0 fully saturated rings. The molecule has 0 heterocycles. The van der Waals surface area contributed by atoms with E-state index in [0.717, 1.165) is 5.56 Å². The van der Waals surface area contributed by atoms with E-state index >= 15 is 0 Å². The van der Waals surface area contributed by atoms with E-state index in [-0.39, 0.29) is 6.42 Å². The van der Waals surface area contributed by atoms with Gasteiger partial charge in [-0.15, -0.1) is 0 Å². The normalized spacial score (nSPS) is 12.4. The summed E-state index contributed by atoms with van der Waals surface area (Å²) in [6, 6.07) is 9.00. The maximum Gasteiger partial charge on any atom is 0.241 e. The predicted octanol–water partition coefficient (Wildman–Crippen LogP) is 3.10. The van der Waals surface area contributed by atoms with Gasteiger partial charge in [-0.3, -0.25) is 0 Å². The summed E-state index contributed by atoms with van der Waals surface area (Å²) in [5, 5.41) is 8.49. The summed E-state index contributed by atoms with van der Waals surface area (Å²) in [5.74, 6) is 0. The summed E-state index contributed by atoms with van der Waals surface area (Å²) in [4.78, 5) is 0. The molecule has 1 unspecified atom stereocenters. The van der Waals surface area contributed by atoms with Crippen LogP contribution in [-0.4, -0.2) is 13.5 Å². The molecule has 16 heavy (non-hydrogen) atoms. The lowest BCUT2D eigenvalue weighted by atomic mass is 10.0. The fourth-order valence-corrected chi connectivity index (χ4v) is 1.47. The molecule has 0 saturated carbocycles. The number of nitrogens with zero attached hydrogens (tertiary/aromatic N) is 1. The highest BCUT2D eigenvalue weighted by Crippen LogP contribution is 2.24. The van der Waals surface area contributed by atoms with Gasteiger partial charge in [0.1, 0.15) is 0 Å². The topological polar surface area (TPSA) is 33.0 Å². The number of rotatable bonds is 5. The number of halogens is 2. The van der Waals surface area contributed by atoms with Gasteiger partial charge in [-0.25, -0.2) is 8.78 Å². The summed E-state index contributed by atoms with van der Waals surface area (Å²) >= 11 is 0. The zero-order chi connectivity index (χ0) is 12.0. The maximum atomic E-state index is 12.2. The first kappa shape index (κ1) is 12.6. The zero-order valence-corrected chi connectivity index (χ0v) is 8.99. The summed E-state index contributed by atoms with van der Waals surface area (Å²) in [6.07, 6.45) is -2.96. The molecule has 0 aliphatic carbocycles. The van der Waals surface area contributed by atoms with Crippen LogP contribution in [0.1, 0.15) is 23.7 Å². The third-order valence-electron chi connectivity index (χ3n) is 2.31. The molecule has 4 heteroatoms. The molecule has 0 radical (unpaired) electrons. The number of methoxy groups -OCH3 is 1. The van der Waals surface area contributed by atoms with Crippen LogP contribution < -0.4 is 0 Å². The van der Waals surface area contributed by atoms with Crippen molar-refractivity contribution in [2.24, 2.45) is 0 Å². The van der Waals surface area contributed by atoms with Crippen LogP contribution in [0.25, 0.3) is 0 Å². The van der Waals surface area contributed by atoms with Gasteiger partial charge in [-0.05, 0) is 11.1 Å². The summed E-state index contributed by atoms with van der Waals surface area (Å²) in [6.45, 7) is 0. The van der Waals surface area contributed by atoms with Crippen LogP contribution in [-0.2, 0) is 11.2 Å². The van der Waals surface area contributed by atoms with Crippen LogP contribution in [0.2, 0.25) is 0 Å². The highest BCUT2D eigenvalue weighted by Gasteiger charge is 2.16. The third kappa shape index (κ3) is 3.59. The molecule has 1 rings (SSSR count). The van der Waals surface area contributed by atoms with E-state index in [1.807, 2.05) is 6.07 Å². The molecule has 1 atom stereocenters. The van der Waals surface area contributed by atoms with Gasteiger partial charge in [-0.1, -0.05) is 24.3 Å². The molecular weight excluding hydrogens is 212 g/mol. The summed E-state index contributed by atoms with van der Waals surface area (Å²) in [7, 11) is 1.41. The molecule has 1 aromatic carbocycles. The van der Waals surface area contributed by atoms with Crippen molar-refractivity contribution in [3.05, 3.63) is 35.4 Å². The number of benzene rings is 1. The van der Waals surface area contributed by atoms with Crippen LogP contribution in [0, 0.1) is 11.3 Å². The molecule has 0 amide bonds. The Labute approximate surface area is 93.5 Å². The minimum absolute atomic E-state index is 0.311. The Morgan fingerprint density at radius 2 is 1.94 bits per heavy atom. The minimum Gasteiger partial charge on any atom is -0.377 e. The second kappa shape index (κ2) is 6.19. The van der Waals surface area contributed by atoms with Crippen LogP contribution in [0.3, 0.4) is 0 Å². The van der Waals surface area contributed by atoms with Crippen molar-refractivity contribution in [3.8, 4) is 6.07 Å². The second-order valence-electron chi connectivity index (χ2n) is 3.43. The molecule has 0 saturated heterocycles. The van der Waals surface area contributed by atoms with Crippen molar-refractivity contribution in [1.82, 2.24) is 0 Å². The largest absolute Gasteiger partial charge is 0.377 e. The van der Waals surface area contributed by atoms with E-state index in [2.05, 4.69) is 0 Å². The van der Waals surface area contributed by atoms with E-state index in [1.54, 1.807) is 24.3 Å². The number of alkyl halides is 2. The standard InChI is InChI=1S/C12H13F2NO/c1-16-11(8-12(13)14)10-4-2-9(3-5-10)6-7-15/h2-5,11-12H,6,8H2,1H3. The third-order valence-corrected chi connectivity index (χ3v) is 2.31. The van der Waals surface area contributed by atoms with Crippen LogP contribution in [0.5, 0.6) is 0 Å². The number of hydrogen-bond donors (Lipinski definition) is 0. The van der Waals surface area contributed by atoms with Gasteiger partial charge in [0.2, 0.25) is 6.43 Å². The van der Waals surface area contributed by atoms with E-state index < -0.39 is 12.5 Å². The van der Waals surface area contributed by atoms with Gasteiger partial charge in [0.05, 0.1) is 18.6 Å². The highest BCUT2D eigenvalue weighted by atomic mass is 19.3. The molecule has 0 spiro atoms. The quantitative estimate of drug-likeness (QED) is 0.771. The van der Waals surface area contributed by atoms with Crippen molar-refractivity contribution in [3.63, 3.8) is 0 Å². The SMILES string of the molecule is COC(CC(F)F)c1ccc(CC#N)cc1. The average Bonchev–Trinajstić information content (AvgIpc) is 2.27. The Bertz CT molecular complexity index is 356. The van der Waals surface area contributed by atoms with Crippen LogP contribution in [0.4, 0.5) is 8.78 Å². The molecule has 0 aliphatic rings. The molecule has 1 aromatic rings. The summed E-state index contributed by atoms with van der Waals surface area (Å²) < 4.78 is 29.5. The fourth-order valence-electron chi connectivity index (χ4n) is 1.47. The molecule has 0 bridgehead atoms. The number of nitriles is 1. The van der Waals surface area contributed by atoms with Crippen molar-refractivity contribution in [1.29, 1.82) is 5.26 Å². The van der Waals surface area contributed by atoms with Gasteiger partial charge < -0.3 is 4.74 Å². The Balaban J connectivity index is 2.74. The van der Waals surface area contributed by atoms with Gasteiger partial charge in [0.15, 0.2) is 0 Å². The molecule has 0 aromatic heterocycles. The Kier molecular flexibility index (Phi) is 4.87. The first-order valence-electron chi connectivity index (χ1n) is 4.94.